The molecule has 0 unspecified atom stereocenters. The summed E-state index contributed by atoms with van der Waals surface area (Å²) < 4.78 is 45.6. The second kappa shape index (κ2) is 9.11. The van der Waals surface area contributed by atoms with Crippen molar-refractivity contribution in [1.82, 2.24) is 0 Å². The molecule has 0 bridgehead atoms. The molecule has 0 spiro atoms. The lowest BCUT2D eigenvalue weighted by atomic mass is 10.1. The summed E-state index contributed by atoms with van der Waals surface area (Å²) in [6.07, 6.45) is 0. The Morgan fingerprint density at radius 3 is 2.21 bits per heavy atom. The van der Waals surface area contributed by atoms with E-state index in [9.17, 15) is 27.5 Å². The van der Waals surface area contributed by atoms with Gasteiger partial charge in [-0.05, 0) is 61.0 Å². The minimum atomic E-state index is -4.30. The third-order valence-corrected chi connectivity index (χ3v) is 7.24. The number of esters is 1. The molecule has 1 atom stereocenters. The number of carbonyl (C=O) groups is 2. The van der Waals surface area contributed by atoms with Crippen molar-refractivity contribution in [2.45, 2.75) is 17.9 Å². The van der Waals surface area contributed by atoms with Gasteiger partial charge in [0, 0.05) is 5.69 Å². The van der Waals surface area contributed by atoms with Gasteiger partial charge in [-0.3, -0.25) is 9.69 Å². The third-order valence-electron chi connectivity index (χ3n) is 5.35. The van der Waals surface area contributed by atoms with Crippen molar-refractivity contribution in [3.05, 3.63) is 106 Å². The number of rotatable bonds is 6. The summed E-state index contributed by atoms with van der Waals surface area (Å²) >= 11 is 0. The van der Waals surface area contributed by atoms with Gasteiger partial charge in [0.25, 0.3) is 5.91 Å². The summed E-state index contributed by atoms with van der Waals surface area (Å²) in [7, 11) is -4.30. The number of amides is 1. The molecule has 1 amide bonds. The predicted molar refractivity (Wildman–Crippen MR) is 122 cm³/mol. The summed E-state index contributed by atoms with van der Waals surface area (Å²) in [5.41, 5.74) is 0.754. The van der Waals surface area contributed by atoms with E-state index in [1.54, 1.807) is 13.0 Å². The Labute approximate surface area is 195 Å². The van der Waals surface area contributed by atoms with E-state index in [2.05, 4.69) is 0 Å². The van der Waals surface area contributed by atoms with Crippen LogP contribution >= 0.6 is 0 Å². The smallest absolute Gasteiger partial charge is 0.338 e. The highest BCUT2D eigenvalue weighted by Crippen LogP contribution is 2.44. The van der Waals surface area contributed by atoms with Crippen molar-refractivity contribution in [3.8, 4) is 0 Å². The second-order valence-electron chi connectivity index (χ2n) is 7.43. The number of ether oxygens (including phenoxy) is 1. The van der Waals surface area contributed by atoms with Crippen molar-refractivity contribution in [2.75, 3.05) is 11.5 Å². The number of aliphatic hydroxyl groups is 1. The molecule has 1 aliphatic heterocycles. The predicted octanol–water partition coefficient (Wildman–Crippen LogP) is 4.33. The SMILES string of the molecule is CCOC(=O)c1ccc(N2C(=O)C(O)=C(S(=O)(=O)c3ccccc3)[C@H]2c2ccc(F)cc2)cc1. The standard InChI is InChI=1S/C25H20FNO6S/c1-2-33-25(30)17-10-14-19(15-11-17)27-21(16-8-12-18(26)13-9-16)23(22(28)24(27)29)34(31,32)20-6-4-3-5-7-20/h3-15,21,28H,2H2,1H3/t21-/m1/s1. The Hall–Kier alpha value is -3.98. The van der Waals surface area contributed by atoms with E-state index in [1.807, 2.05) is 0 Å². The second-order valence-corrected chi connectivity index (χ2v) is 9.34. The van der Waals surface area contributed by atoms with Crippen LogP contribution in [-0.4, -0.2) is 32.0 Å². The number of hydrogen-bond acceptors (Lipinski definition) is 6. The fourth-order valence-electron chi connectivity index (χ4n) is 3.77. The van der Waals surface area contributed by atoms with Crippen LogP contribution in [0.4, 0.5) is 10.1 Å². The van der Waals surface area contributed by atoms with Crippen molar-refractivity contribution < 1.29 is 32.2 Å². The molecule has 4 rings (SSSR count). The van der Waals surface area contributed by atoms with Crippen LogP contribution < -0.4 is 4.90 Å². The van der Waals surface area contributed by atoms with Gasteiger partial charge in [-0.1, -0.05) is 30.3 Å². The fraction of sp³-hybridized carbons (Fsp3) is 0.120. The molecule has 0 saturated heterocycles. The first-order chi connectivity index (χ1) is 16.3. The molecular formula is C25H20FNO6S. The highest BCUT2D eigenvalue weighted by Gasteiger charge is 2.47. The number of anilines is 1. The van der Waals surface area contributed by atoms with Gasteiger partial charge in [0.05, 0.1) is 17.1 Å². The Balaban J connectivity index is 1.85. The maximum Gasteiger partial charge on any atom is 0.338 e. The summed E-state index contributed by atoms with van der Waals surface area (Å²) in [4.78, 5) is 25.6. The number of hydrogen-bond donors (Lipinski definition) is 1. The number of aliphatic hydroxyl groups excluding tert-OH is 1. The minimum Gasteiger partial charge on any atom is -0.502 e. The first-order valence-corrected chi connectivity index (χ1v) is 11.8. The van der Waals surface area contributed by atoms with Gasteiger partial charge >= 0.3 is 5.97 Å². The van der Waals surface area contributed by atoms with E-state index in [4.69, 9.17) is 4.74 Å². The van der Waals surface area contributed by atoms with Crippen LogP contribution in [0.2, 0.25) is 0 Å². The Kier molecular flexibility index (Phi) is 6.21. The molecule has 0 saturated carbocycles. The van der Waals surface area contributed by atoms with Crippen molar-refractivity contribution in [1.29, 1.82) is 0 Å². The Bertz CT molecular complexity index is 1370. The van der Waals surface area contributed by atoms with Crippen LogP contribution in [0.1, 0.15) is 28.9 Å². The van der Waals surface area contributed by atoms with Gasteiger partial charge in [-0.2, -0.15) is 0 Å². The first-order valence-electron chi connectivity index (χ1n) is 10.3. The van der Waals surface area contributed by atoms with Gasteiger partial charge in [0.1, 0.15) is 16.8 Å². The van der Waals surface area contributed by atoms with Crippen molar-refractivity contribution in [3.63, 3.8) is 0 Å². The van der Waals surface area contributed by atoms with E-state index >= 15 is 0 Å². The number of halogens is 1. The molecule has 34 heavy (non-hydrogen) atoms. The first kappa shape index (κ1) is 23.2. The average molecular weight is 482 g/mol. The fourth-order valence-corrected chi connectivity index (χ4v) is 5.42. The molecule has 0 aliphatic carbocycles. The van der Waals surface area contributed by atoms with Gasteiger partial charge in [-0.25, -0.2) is 17.6 Å². The number of carbonyl (C=O) groups excluding carboxylic acids is 2. The summed E-state index contributed by atoms with van der Waals surface area (Å²) in [5, 5.41) is 10.7. The lowest BCUT2D eigenvalue weighted by Crippen LogP contribution is -2.31. The summed E-state index contributed by atoms with van der Waals surface area (Å²) in [6.45, 7) is 1.86. The largest absolute Gasteiger partial charge is 0.502 e. The molecule has 0 fully saturated rings. The van der Waals surface area contributed by atoms with E-state index in [1.165, 1.54) is 60.7 Å². The van der Waals surface area contributed by atoms with E-state index in [0.29, 0.717) is 0 Å². The lowest BCUT2D eigenvalue weighted by molar-refractivity contribution is -0.117. The number of sulfone groups is 1. The van der Waals surface area contributed by atoms with Gasteiger partial charge < -0.3 is 9.84 Å². The molecule has 1 heterocycles. The summed E-state index contributed by atoms with van der Waals surface area (Å²) in [6, 6.07) is 16.9. The molecule has 0 aromatic heterocycles. The van der Waals surface area contributed by atoms with Crippen molar-refractivity contribution >= 4 is 27.4 Å². The molecular weight excluding hydrogens is 461 g/mol. The molecule has 7 nitrogen and oxygen atoms in total. The van der Waals surface area contributed by atoms with E-state index in [0.717, 1.165) is 17.0 Å². The monoisotopic (exact) mass is 481 g/mol. The van der Waals surface area contributed by atoms with Crippen LogP contribution in [0.5, 0.6) is 0 Å². The van der Waals surface area contributed by atoms with Gasteiger partial charge in [-0.15, -0.1) is 0 Å². The maximum atomic E-state index is 13.6. The lowest BCUT2D eigenvalue weighted by Gasteiger charge is -2.27. The van der Waals surface area contributed by atoms with E-state index in [-0.39, 0.29) is 28.3 Å². The highest BCUT2D eigenvalue weighted by molar-refractivity contribution is 7.95. The quantitative estimate of drug-likeness (QED) is 0.526. The van der Waals surface area contributed by atoms with E-state index < -0.39 is 44.2 Å². The van der Waals surface area contributed by atoms with Gasteiger partial charge in [0.2, 0.25) is 9.84 Å². The Morgan fingerprint density at radius 1 is 1.00 bits per heavy atom. The molecule has 9 heteroatoms. The third kappa shape index (κ3) is 4.06. The number of benzene rings is 3. The normalized spacial score (nSPS) is 16.1. The summed E-state index contributed by atoms with van der Waals surface area (Å²) in [5.74, 6) is -2.95. The zero-order chi connectivity index (χ0) is 24.5. The zero-order valence-corrected chi connectivity index (χ0v) is 18.8. The Morgan fingerprint density at radius 2 is 1.62 bits per heavy atom. The molecule has 174 valence electrons. The average Bonchev–Trinajstić information content (AvgIpc) is 3.11. The van der Waals surface area contributed by atoms with Crippen LogP contribution in [0, 0.1) is 5.82 Å². The van der Waals surface area contributed by atoms with Crippen LogP contribution in [0.3, 0.4) is 0 Å². The van der Waals surface area contributed by atoms with Gasteiger partial charge in [0.15, 0.2) is 5.76 Å². The highest BCUT2D eigenvalue weighted by atomic mass is 32.2. The molecule has 1 aliphatic rings. The molecule has 3 aromatic rings. The number of nitrogens with zero attached hydrogens (tertiary/aromatic N) is 1. The topological polar surface area (TPSA) is 101 Å². The molecule has 0 radical (unpaired) electrons. The zero-order valence-electron chi connectivity index (χ0n) is 18.0. The van der Waals surface area contributed by atoms with Crippen LogP contribution in [0.25, 0.3) is 0 Å². The van der Waals surface area contributed by atoms with Crippen LogP contribution in [-0.2, 0) is 19.4 Å². The molecule has 1 N–H and O–H groups in total. The maximum absolute atomic E-state index is 13.6. The molecule has 3 aromatic carbocycles. The van der Waals surface area contributed by atoms with Crippen molar-refractivity contribution in [2.24, 2.45) is 0 Å². The minimum absolute atomic E-state index is 0.101. The van der Waals surface area contributed by atoms with Crippen LogP contribution in [0.15, 0.2) is 94.4 Å².